The molecule has 43 heavy (non-hydrogen) atoms. The summed E-state index contributed by atoms with van der Waals surface area (Å²) in [5, 5.41) is 23.3. The van der Waals surface area contributed by atoms with Gasteiger partial charge >= 0.3 is 5.97 Å². The van der Waals surface area contributed by atoms with E-state index in [4.69, 9.17) is 30.9 Å². The van der Waals surface area contributed by atoms with Crippen LogP contribution in [0.25, 0.3) is 0 Å². The van der Waals surface area contributed by atoms with E-state index >= 15 is 0 Å². The molecule has 2 heterocycles. The molecule has 0 aliphatic carbocycles. The predicted molar refractivity (Wildman–Crippen MR) is 159 cm³/mol. The summed E-state index contributed by atoms with van der Waals surface area (Å²) < 4.78 is 31.1. The van der Waals surface area contributed by atoms with Gasteiger partial charge < -0.3 is 29.7 Å². The number of nitrogens with one attached hydrogen (secondary N) is 1. The lowest BCUT2D eigenvalue weighted by molar-refractivity contribution is -0.143. The van der Waals surface area contributed by atoms with E-state index < -0.39 is 29.7 Å². The molecule has 3 aromatic rings. The van der Waals surface area contributed by atoms with Gasteiger partial charge in [-0.15, -0.1) is 0 Å². The first-order valence-electron chi connectivity index (χ1n) is 14.2. The van der Waals surface area contributed by atoms with Gasteiger partial charge in [-0.05, 0) is 71.5 Å². The van der Waals surface area contributed by atoms with Crippen LogP contribution in [0.4, 0.5) is 10.1 Å². The Morgan fingerprint density at radius 2 is 1.77 bits per heavy atom. The molecule has 9 nitrogen and oxygen atoms in total. The molecule has 1 fully saturated rings. The molecular formula is C32H34ClFN2O7. The molecule has 1 saturated heterocycles. The Morgan fingerprint density at radius 1 is 1.07 bits per heavy atom. The fourth-order valence-electron chi connectivity index (χ4n) is 6.06. The van der Waals surface area contributed by atoms with Crippen LogP contribution >= 0.6 is 11.6 Å². The van der Waals surface area contributed by atoms with Crippen molar-refractivity contribution in [2.45, 2.75) is 38.6 Å². The van der Waals surface area contributed by atoms with Gasteiger partial charge in [-0.3, -0.25) is 14.5 Å². The average molecular weight is 613 g/mol. The number of fused-ring (bicyclic) bond motifs is 1. The van der Waals surface area contributed by atoms with Crippen molar-refractivity contribution < 1.29 is 38.4 Å². The second-order valence-electron chi connectivity index (χ2n) is 10.6. The van der Waals surface area contributed by atoms with Crippen molar-refractivity contribution in [2.24, 2.45) is 5.92 Å². The molecule has 2 aliphatic rings. The van der Waals surface area contributed by atoms with E-state index in [0.717, 1.165) is 11.1 Å². The minimum Gasteiger partial charge on any atom is -0.491 e. The number of carboxylic acid groups (broad SMARTS) is 1. The Bertz CT molecular complexity index is 1470. The lowest BCUT2D eigenvalue weighted by Gasteiger charge is -2.27. The van der Waals surface area contributed by atoms with Gasteiger partial charge in [0.05, 0.1) is 19.1 Å². The van der Waals surface area contributed by atoms with Crippen LogP contribution in [0.2, 0.25) is 5.02 Å². The number of hydrogen-bond acceptors (Lipinski definition) is 7. The van der Waals surface area contributed by atoms with Crippen LogP contribution in [0, 0.1) is 11.7 Å². The molecule has 2 aliphatic heterocycles. The first kappa shape index (κ1) is 30.6. The SMILES string of the molecule is CCc1cc(Cl)cc(CC)c1NC(=O)CN1C[C@H](c2cc(F)c3c(c2)OCO3)C(C(=O)O)[C@@H]1c1ccc(OCCO)cc1. The van der Waals surface area contributed by atoms with Gasteiger partial charge in [0.2, 0.25) is 18.4 Å². The van der Waals surface area contributed by atoms with Crippen LogP contribution in [-0.2, 0) is 22.4 Å². The van der Waals surface area contributed by atoms with E-state index in [1.54, 1.807) is 30.3 Å². The van der Waals surface area contributed by atoms with Crippen molar-refractivity contribution in [2.75, 3.05) is 38.4 Å². The normalized spacial score (nSPS) is 19.4. The predicted octanol–water partition coefficient (Wildman–Crippen LogP) is 5.18. The molecule has 1 unspecified atom stereocenters. The standard InChI is InChI=1S/C32H34ClFN2O7/c1-3-18-11-22(33)12-19(4-2)29(18)35-27(38)16-36-15-24(21-13-25(34)31-26(14-21)42-17-43-31)28(32(39)40)30(36)20-5-7-23(8-6-20)41-10-9-37/h5-8,11-14,24,28,30,37H,3-4,9-10,15-17H2,1-2H3,(H,35,38)(H,39,40)/t24-,28?,30+/m1/s1. The molecule has 3 atom stereocenters. The number of rotatable bonds is 11. The molecule has 1 amide bonds. The first-order chi connectivity index (χ1) is 20.7. The number of halogens is 2. The number of anilines is 1. The second kappa shape index (κ2) is 13.2. The Morgan fingerprint density at radius 3 is 2.40 bits per heavy atom. The lowest BCUT2D eigenvalue weighted by atomic mass is 9.82. The molecular weight excluding hydrogens is 579 g/mol. The number of carbonyl (C=O) groups excluding carboxylic acids is 1. The zero-order valence-electron chi connectivity index (χ0n) is 23.9. The highest BCUT2D eigenvalue weighted by atomic mass is 35.5. The number of nitrogens with zero attached hydrogens (tertiary/aromatic N) is 1. The maximum atomic E-state index is 14.9. The van der Waals surface area contributed by atoms with Gasteiger partial charge in [-0.2, -0.15) is 0 Å². The maximum absolute atomic E-state index is 14.9. The summed E-state index contributed by atoms with van der Waals surface area (Å²) in [6, 6.07) is 12.8. The van der Waals surface area contributed by atoms with Crippen LogP contribution in [0.3, 0.4) is 0 Å². The summed E-state index contributed by atoms with van der Waals surface area (Å²) >= 11 is 6.30. The van der Waals surface area contributed by atoms with E-state index in [9.17, 15) is 19.1 Å². The highest BCUT2D eigenvalue weighted by molar-refractivity contribution is 6.30. The quantitative estimate of drug-likeness (QED) is 0.271. The second-order valence-corrected chi connectivity index (χ2v) is 11.0. The Kier molecular flexibility index (Phi) is 9.39. The largest absolute Gasteiger partial charge is 0.491 e. The van der Waals surface area contributed by atoms with E-state index in [2.05, 4.69) is 5.32 Å². The molecule has 0 saturated carbocycles. The minimum atomic E-state index is -1.07. The number of likely N-dealkylation sites (tertiary alicyclic amines) is 1. The maximum Gasteiger partial charge on any atom is 0.309 e. The number of carbonyl (C=O) groups is 2. The smallest absolute Gasteiger partial charge is 0.309 e. The van der Waals surface area contributed by atoms with Crippen LogP contribution in [0.1, 0.15) is 48.1 Å². The third-order valence-corrected chi connectivity index (χ3v) is 8.20. The van der Waals surface area contributed by atoms with Crippen molar-refractivity contribution in [3.05, 3.63) is 81.6 Å². The van der Waals surface area contributed by atoms with Gasteiger partial charge in [0.15, 0.2) is 11.6 Å². The fourth-order valence-corrected chi connectivity index (χ4v) is 6.32. The molecule has 3 N–H and O–H groups in total. The van der Waals surface area contributed by atoms with Crippen LogP contribution in [0.5, 0.6) is 17.2 Å². The average Bonchev–Trinajstić information content (AvgIpc) is 3.62. The molecule has 0 spiro atoms. The zero-order chi connectivity index (χ0) is 30.7. The van der Waals surface area contributed by atoms with Gasteiger partial charge in [-0.25, -0.2) is 4.39 Å². The third-order valence-electron chi connectivity index (χ3n) is 7.98. The number of amides is 1. The molecule has 3 aromatic carbocycles. The van der Waals surface area contributed by atoms with Crippen LogP contribution < -0.4 is 19.5 Å². The molecule has 228 valence electrons. The van der Waals surface area contributed by atoms with Crippen molar-refractivity contribution in [1.29, 1.82) is 0 Å². The Balaban J connectivity index is 1.50. The summed E-state index contributed by atoms with van der Waals surface area (Å²) in [7, 11) is 0. The van der Waals surface area contributed by atoms with E-state index in [1.807, 2.05) is 30.9 Å². The highest BCUT2D eigenvalue weighted by Gasteiger charge is 2.48. The van der Waals surface area contributed by atoms with E-state index in [1.165, 1.54) is 6.07 Å². The number of aliphatic hydroxyl groups excluding tert-OH is 1. The van der Waals surface area contributed by atoms with E-state index in [-0.39, 0.29) is 50.5 Å². The van der Waals surface area contributed by atoms with Crippen molar-refractivity contribution >= 4 is 29.2 Å². The molecule has 5 rings (SSSR count). The summed E-state index contributed by atoms with van der Waals surface area (Å²) in [5.74, 6) is -2.93. The summed E-state index contributed by atoms with van der Waals surface area (Å²) in [6.07, 6.45) is 1.33. The highest BCUT2D eigenvalue weighted by Crippen LogP contribution is 2.48. The Labute approximate surface area is 254 Å². The van der Waals surface area contributed by atoms with Crippen LogP contribution in [-0.4, -0.2) is 60.1 Å². The lowest BCUT2D eigenvalue weighted by Crippen LogP contribution is -2.35. The van der Waals surface area contributed by atoms with Gasteiger partial charge in [-0.1, -0.05) is 37.6 Å². The van der Waals surface area contributed by atoms with Gasteiger partial charge in [0, 0.05) is 29.2 Å². The first-order valence-corrected chi connectivity index (χ1v) is 14.6. The molecule has 0 radical (unpaired) electrons. The summed E-state index contributed by atoms with van der Waals surface area (Å²) in [4.78, 5) is 28.3. The minimum absolute atomic E-state index is 0.00120. The number of hydrogen-bond donors (Lipinski definition) is 3. The van der Waals surface area contributed by atoms with Crippen molar-refractivity contribution in [1.82, 2.24) is 4.90 Å². The molecule has 0 bridgehead atoms. The topological polar surface area (TPSA) is 118 Å². The van der Waals surface area contributed by atoms with Crippen LogP contribution in [0.15, 0.2) is 48.5 Å². The molecule has 11 heteroatoms. The number of ether oxygens (including phenoxy) is 3. The summed E-state index contributed by atoms with van der Waals surface area (Å²) in [5.41, 5.74) is 3.64. The van der Waals surface area contributed by atoms with Crippen molar-refractivity contribution in [3.63, 3.8) is 0 Å². The number of aryl methyl sites for hydroxylation is 2. The fraction of sp³-hybridized carbons (Fsp3) is 0.375. The number of aliphatic hydroxyl groups is 1. The van der Waals surface area contributed by atoms with Gasteiger partial charge in [0.1, 0.15) is 12.4 Å². The monoisotopic (exact) mass is 612 g/mol. The van der Waals surface area contributed by atoms with E-state index in [0.29, 0.717) is 40.4 Å². The number of carboxylic acids is 1. The van der Waals surface area contributed by atoms with Crippen molar-refractivity contribution in [3.8, 4) is 17.2 Å². The summed E-state index contributed by atoms with van der Waals surface area (Å²) in [6.45, 7) is 3.90. The van der Waals surface area contributed by atoms with Gasteiger partial charge in [0.25, 0.3) is 0 Å². The third kappa shape index (κ3) is 6.41. The Hall–Kier alpha value is -3.86. The molecule has 0 aromatic heterocycles. The zero-order valence-corrected chi connectivity index (χ0v) is 24.7. The number of benzene rings is 3. The number of aliphatic carboxylic acids is 1.